The Morgan fingerprint density at radius 2 is 2.10 bits per heavy atom. The Hall–Kier alpha value is -1.45. The van der Waals surface area contributed by atoms with Crippen molar-refractivity contribution in [3.05, 3.63) is 17.5 Å². The molecule has 1 aliphatic rings. The number of aliphatic hydroxyl groups excluding tert-OH is 3. The van der Waals surface area contributed by atoms with Gasteiger partial charge in [-0.3, -0.25) is 4.57 Å². The van der Waals surface area contributed by atoms with E-state index in [-0.39, 0.29) is 5.82 Å². The monoisotopic (exact) mass is 300 g/mol. The number of hydrogen-bond acceptors (Lipinski definition) is 7. The summed E-state index contributed by atoms with van der Waals surface area (Å²) in [5, 5.41) is 29.2. The van der Waals surface area contributed by atoms with E-state index >= 15 is 0 Å². The highest BCUT2D eigenvalue weighted by Gasteiger charge is 2.43. The quantitative estimate of drug-likeness (QED) is 0.576. The fourth-order valence-electron chi connectivity index (χ4n) is 2.34. The zero-order chi connectivity index (χ0) is 14.4. The lowest BCUT2D eigenvalue weighted by molar-refractivity contribution is -0.0508. The molecular weight excluding hydrogens is 288 g/mol. The van der Waals surface area contributed by atoms with Crippen LogP contribution in [0.4, 0.5) is 5.82 Å². The highest BCUT2D eigenvalue weighted by molar-refractivity contribution is 6.35. The predicted molar refractivity (Wildman–Crippen MR) is 70.0 cm³/mol. The van der Waals surface area contributed by atoms with E-state index in [9.17, 15) is 10.2 Å². The topological polar surface area (TPSA) is 127 Å². The predicted octanol–water partition coefficient (Wildman–Crippen LogP) is -0.722. The van der Waals surface area contributed by atoms with Crippen LogP contribution in [0.3, 0.4) is 0 Å². The first-order valence-electron chi connectivity index (χ1n) is 5.93. The molecule has 1 aliphatic heterocycles. The highest BCUT2D eigenvalue weighted by Crippen LogP contribution is 2.34. The molecule has 0 spiro atoms. The van der Waals surface area contributed by atoms with E-state index in [4.69, 9.17) is 27.2 Å². The normalized spacial score (nSPS) is 30.2. The van der Waals surface area contributed by atoms with Crippen LogP contribution >= 0.6 is 11.6 Å². The number of ether oxygens (including phenoxy) is 1. The number of nitrogen functional groups attached to an aromatic ring is 1. The van der Waals surface area contributed by atoms with Crippen molar-refractivity contribution in [2.75, 3.05) is 12.3 Å². The Kier molecular flexibility index (Phi) is 3.27. The van der Waals surface area contributed by atoms with Crippen LogP contribution in [0, 0.1) is 0 Å². The molecule has 4 atom stereocenters. The molecule has 9 heteroatoms. The molecule has 1 fully saturated rings. The summed E-state index contributed by atoms with van der Waals surface area (Å²) < 4.78 is 6.91. The zero-order valence-electron chi connectivity index (χ0n) is 10.2. The minimum atomic E-state index is -1.21. The van der Waals surface area contributed by atoms with E-state index < -0.39 is 31.1 Å². The second-order valence-electron chi connectivity index (χ2n) is 4.57. The van der Waals surface area contributed by atoms with Gasteiger partial charge in [0.1, 0.15) is 23.8 Å². The fourth-order valence-corrected chi connectivity index (χ4v) is 2.57. The molecule has 3 heterocycles. The summed E-state index contributed by atoms with van der Waals surface area (Å²) in [5.41, 5.74) is 6.55. The van der Waals surface area contributed by atoms with E-state index in [2.05, 4.69) is 9.97 Å². The van der Waals surface area contributed by atoms with Crippen LogP contribution in [0.1, 0.15) is 6.23 Å². The number of fused-ring (bicyclic) bond motifs is 1. The lowest BCUT2D eigenvalue weighted by atomic mass is 10.1. The van der Waals surface area contributed by atoms with Crippen molar-refractivity contribution in [1.82, 2.24) is 14.5 Å². The second kappa shape index (κ2) is 4.83. The SMILES string of the molecule is Nc1ncc(Cl)c2c1ncn2[C@@H]1O[C@H](CO)[C@H](O)[C@H]1O. The van der Waals surface area contributed by atoms with Gasteiger partial charge in [-0.1, -0.05) is 11.6 Å². The first kappa shape index (κ1) is 13.5. The number of pyridine rings is 1. The van der Waals surface area contributed by atoms with Gasteiger partial charge >= 0.3 is 0 Å². The largest absolute Gasteiger partial charge is 0.394 e. The molecule has 2 aromatic rings. The van der Waals surface area contributed by atoms with Crippen LogP contribution < -0.4 is 5.73 Å². The van der Waals surface area contributed by atoms with E-state index in [1.807, 2.05) is 0 Å². The Bertz CT molecular complexity index is 649. The van der Waals surface area contributed by atoms with Crippen molar-refractivity contribution in [1.29, 1.82) is 0 Å². The van der Waals surface area contributed by atoms with E-state index in [0.29, 0.717) is 16.1 Å². The van der Waals surface area contributed by atoms with Gasteiger partial charge in [0.2, 0.25) is 0 Å². The van der Waals surface area contributed by atoms with Gasteiger partial charge in [0.25, 0.3) is 0 Å². The van der Waals surface area contributed by atoms with E-state index in [0.717, 1.165) is 0 Å². The van der Waals surface area contributed by atoms with Crippen LogP contribution in [0.5, 0.6) is 0 Å². The van der Waals surface area contributed by atoms with Gasteiger partial charge in [-0.25, -0.2) is 9.97 Å². The van der Waals surface area contributed by atoms with Gasteiger partial charge in [0.05, 0.1) is 29.7 Å². The summed E-state index contributed by atoms with van der Waals surface area (Å²) in [7, 11) is 0. The number of aliphatic hydroxyl groups is 3. The lowest BCUT2D eigenvalue weighted by Crippen LogP contribution is -2.33. The van der Waals surface area contributed by atoms with Gasteiger partial charge in [-0.05, 0) is 0 Å². The minimum absolute atomic E-state index is 0.204. The molecule has 0 aromatic carbocycles. The molecule has 3 rings (SSSR count). The third-order valence-electron chi connectivity index (χ3n) is 3.37. The molecule has 0 aliphatic carbocycles. The second-order valence-corrected chi connectivity index (χ2v) is 4.98. The van der Waals surface area contributed by atoms with Crippen molar-refractivity contribution in [2.24, 2.45) is 0 Å². The Balaban J connectivity index is 2.10. The molecule has 0 saturated carbocycles. The molecular formula is C11H13ClN4O4. The van der Waals surface area contributed by atoms with Gasteiger partial charge in [0, 0.05) is 0 Å². The molecule has 0 radical (unpaired) electrons. The van der Waals surface area contributed by atoms with Crippen molar-refractivity contribution in [3.63, 3.8) is 0 Å². The van der Waals surface area contributed by atoms with Crippen LogP contribution in [-0.4, -0.2) is 54.8 Å². The van der Waals surface area contributed by atoms with Crippen LogP contribution in [-0.2, 0) is 4.74 Å². The Morgan fingerprint density at radius 1 is 1.35 bits per heavy atom. The third kappa shape index (κ3) is 1.85. The fraction of sp³-hybridized carbons (Fsp3) is 0.455. The van der Waals surface area contributed by atoms with Gasteiger partial charge < -0.3 is 25.8 Å². The maximum absolute atomic E-state index is 10.0. The summed E-state index contributed by atoms with van der Waals surface area (Å²) in [6, 6.07) is 0. The molecule has 0 amide bonds. The first-order valence-corrected chi connectivity index (χ1v) is 6.31. The highest BCUT2D eigenvalue weighted by atomic mass is 35.5. The summed E-state index contributed by atoms with van der Waals surface area (Å²) in [6.07, 6.45) is -1.42. The number of nitrogens with two attached hydrogens (primary N) is 1. The number of anilines is 1. The smallest absolute Gasteiger partial charge is 0.164 e. The van der Waals surface area contributed by atoms with Crippen LogP contribution in [0.2, 0.25) is 5.02 Å². The zero-order valence-corrected chi connectivity index (χ0v) is 11.0. The molecule has 0 bridgehead atoms. The average Bonchev–Trinajstić information content (AvgIpc) is 2.99. The van der Waals surface area contributed by atoms with Crippen molar-refractivity contribution in [2.45, 2.75) is 24.5 Å². The lowest BCUT2D eigenvalue weighted by Gasteiger charge is -2.17. The van der Waals surface area contributed by atoms with Crippen LogP contribution in [0.25, 0.3) is 11.0 Å². The van der Waals surface area contributed by atoms with E-state index in [1.54, 1.807) is 0 Å². The molecule has 20 heavy (non-hydrogen) atoms. The summed E-state index contributed by atoms with van der Waals surface area (Å²) >= 11 is 6.08. The number of nitrogens with zero attached hydrogens (tertiary/aromatic N) is 3. The summed E-state index contributed by atoms with van der Waals surface area (Å²) in [5.74, 6) is 0.204. The van der Waals surface area contributed by atoms with Gasteiger partial charge in [-0.2, -0.15) is 0 Å². The molecule has 1 saturated heterocycles. The van der Waals surface area contributed by atoms with Crippen molar-refractivity contribution in [3.8, 4) is 0 Å². The number of halogens is 1. The standard InChI is InChI=1S/C11H13ClN4O4/c12-4-1-14-10(13)6-7(4)16(3-15-6)11-9(19)8(18)5(2-17)20-11/h1,3,5,8-9,11,17-19H,2H2,(H2,13,14)/t5-,8+,9-,11-/m1/s1. The minimum Gasteiger partial charge on any atom is -0.394 e. The average molecular weight is 301 g/mol. The molecule has 5 N–H and O–H groups in total. The van der Waals surface area contributed by atoms with Crippen molar-refractivity contribution < 1.29 is 20.1 Å². The van der Waals surface area contributed by atoms with E-state index in [1.165, 1.54) is 17.1 Å². The molecule has 2 aromatic heterocycles. The molecule has 108 valence electrons. The number of hydrogen-bond donors (Lipinski definition) is 4. The number of aromatic nitrogens is 3. The molecule has 8 nitrogen and oxygen atoms in total. The maximum Gasteiger partial charge on any atom is 0.164 e. The number of rotatable bonds is 2. The first-order chi connectivity index (χ1) is 9.54. The van der Waals surface area contributed by atoms with Gasteiger partial charge in [-0.15, -0.1) is 0 Å². The third-order valence-corrected chi connectivity index (χ3v) is 3.65. The Morgan fingerprint density at radius 3 is 2.75 bits per heavy atom. The summed E-state index contributed by atoms with van der Waals surface area (Å²) in [6.45, 7) is -0.404. The maximum atomic E-state index is 10.0. The van der Waals surface area contributed by atoms with Crippen LogP contribution in [0.15, 0.2) is 12.5 Å². The molecule has 0 unspecified atom stereocenters. The number of imidazole rings is 1. The van der Waals surface area contributed by atoms with Gasteiger partial charge in [0.15, 0.2) is 12.0 Å². The van der Waals surface area contributed by atoms with Crippen molar-refractivity contribution >= 4 is 28.5 Å². The Labute approximate surface area is 118 Å². The summed E-state index contributed by atoms with van der Waals surface area (Å²) in [4.78, 5) is 7.98.